The molecule has 2 aromatic heterocycles. The van der Waals surface area contributed by atoms with E-state index >= 15 is 0 Å². The van der Waals surface area contributed by atoms with E-state index in [-0.39, 0.29) is 11.2 Å². The van der Waals surface area contributed by atoms with Gasteiger partial charge in [-0.2, -0.15) is 0 Å². The molecule has 3 rings (SSSR count). The second-order valence-electron chi connectivity index (χ2n) is 5.74. The molecule has 0 saturated heterocycles. The van der Waals surface area contributed by atoms with Crippen LogP contribution in [0.5, 0.6) is 5.75 Å². The number of thioether (sulfide) groups is 1. The zero-order valence-corrected chi connectivity index (χ0v) is 15.8. The van der Waals surface area contributed by atoms with Crippen LogP contribution in [-0.2, 0) is 11.8 Å². The van der Waals surface area contributed by atoms with Gasteiger partial charge in [0.25, 0.3) is 0 Å². The molecule has 0 radical (unpaired) electrons. The lowest BCUT2D eigenvalue weighted by Gasteiger charge is -2.12. The monoisotopic (exact) mass is 372 g/mol. The summed E-state index contributed by atoms with van der Waals surface area (Å²) in [5.41, 5.74) is 1.58. The van der Waals surface area contributed by atoms with E-state index in [1.807, 2.05) is 49.7 Å². The molecule has 7 nitrogen and oxygen atoms in total. The number of anilines is 1. The topological polar surface area (TPSA) is 82.2 Å². The maximum atomic E-state index is 12.5. The molecule has 1 aromatic carbocycles. The molecular weight excluding hydrogens is 352 g/mol. The van der Waals surface area contributed by atoms with E-state index in [1.54, 1.807) is 19.4 Å². The first-order valence-electron chi connectivity index (χ1n) is 8.05. The van der Waals surface area contributed by atoms with Gasteiger partial charge in [-0.25, -0.2) is 0 Å². The Kier molecular flexibility index (Phi) is 5.32. The average molecular weight is 372 g/mol. The molecule has 1 N–H and O–H groups in total. The van der Waals surface area contributed by atoms with Crippen LogP contribution in [0.25, 0.3) is 11.4 Å². The SMILES string of the molecule is COc1cccc(NC(=O)C(C)Sc2nnc(-c3ccoc3C)n2C)c1. The lowest BCUT2D eigenvalue weighted by molar-refractivity contribution is -0.115. The molecule has 136 valence electrons. The second kappa shape index (κ2) is 7.65. The summed E-state index contributed by atoms with van der Waals surface area (Å²) in [6, 6.07) is 9.10. The Morgan fingerprint density at radius 1 is 1.35 bits per heavy atom. The van der Waals surface area contributed by atoms with Gasteiger partial charge < -0.3 is 19.0 Å². The Morgan fingerprint density at radius 3 is 2.85 bits per heavy atom. The average Bonchev–Trinajstić information content (AvgIpc) is 3.21. The number of rotatable bonds is 6. The van der Waals surface area contributed by atoms with Gasteiger partial charge >= 0.3 is 0 Å². The van der Waals surface area contributed by atoms with Crippen LogP contribution in [0.3, 0.4) is 0 Å². The number of carbonyl (C=O) groups excluding carboxylic acids is 1. The molecule has 0 fully saturated rings. The Labute approximate surface area is 155 Å². The number of amides is 1. The number of benzene rings is 1. The summed E-state index contributed by atoms with van der Waals surface area (Å²) in [6.07, 6.45) is 1.62. The fraction of sp³-hybridized carbons (Fsp3) is 0.278. The van der Waals surface area contributed by atoms with Crippen LogP contribution in [0.15, 0.2) is 46.2 Å². The summed E-state index contributed by atoms with van der Waals surface area (Å²) in [7, 11) is 3.46. The molecule has 1 unspecified atom stereocenters. The molecule has 3 aromatic rings. The van der Waals surface area contributed by atoms with Gasteiger partial charge in [0.05, 0.1) is 24.2 Å². The number of aromatic nitrogens is 3. The van der Waals surface area contributed by atoms with Crippen molar-refractivity contribution in [3.8, 4) is 17.1 Å². The Morgan fingerprint density at radius 2 is 2.15 bits per heavy atom. The molecule has 0 aliphatic rings. The Bertz CT molecular complexity index is 919. The van der Waals surface area contributed by atoms with E-state index in [0.29, 0.717) is 22.4 Å². The number of hydrogen-bond donors (Lipinski definition) is 1. The van der Waals surface area contributed by atoms with Crippen LogP contribution in [0.1, 0.15) is 12.7 Å². The van der Waals surface area contributed by atoms with Crippen molar-refractivity contribution in [3.05, 3.63) is 42.4 Å². The third kappa shape index (κ3) is 3.75. The molecule has 2 heterocycles. The van der Waals surface area contributed by atoms with Gasteiger partial charge in [-0.1, -0.05) is 17.8 Å². The molecule has 26 heavy (non-hydrogen) atoms. The molecule has 0 aliphatic heterocycles. The molecule has 1 amide bonds. The van der Waals surface area contributed by atoms with Crippen LogP contribution in [0, 0.1) is 6.92 Å². The van der Waals surface area contributed by atoms with E-state index in [2.05, 4.69) is 15.5 Å². The highest BCUT2D eigenvalue weighted by Crippen LogP contribution is 2.28. The molecule has 0 aliphatic carbocycles. The molecular formula is C18H20N4O3S. The third-order valence-electron chi connectivity index (χ3n) is 3.92. The Balaban J connectivity index is 1.70. The van der Waals surface area contributed by atoms with E-state index < -0.39 is 0 Å². The van der Waals surface area contributed by atoms with Crippen molar-refractivity contribution < 1.29 is 13.9 Å². The summed E-state index contributed by atoms with van der Waals surface area (Å²) in [5.74, 6) is 2.06. The van der Waals surface area contributed by atoms with Crippen molar-refractivity contribution in [2.24, 2.45) is 7.05 Å². The van der Waals surface area contributed by atoms with Gasteiger partial charge in [-0.3, -0.25) is 4.79 Å². The van der Waals surface area contributed by atoms with Crippen LogP contribution in [-0.4, -0.2) is 33.0 Å². The van der Waals surface area contributed by atoms with Gasteiger partial charge in [0.1, 0.15) is 11.5 Å². The number of methoxy groups -OCH3 is 1. The largest absolute Gasteiger partial charge is 0.497 e. The highest BCUT2D eigenvalue weighted by Gasteiger charge is 2.20. The molecule has 1 atom stereocenters. The first-order chi connectivity index (χ1) is 12.5. The first-order valence-corrected chi connectivity index (χ1v) is 8.93. The summed E-state index contributed by atoms with van der Waals surface area (Å²) < 4.78 is 12.4. The predicted molar refractivity (Wildman–Crippen MR) is 100 cm³/mol. The first kappa shape index (κ1) is 18.1. The zero-order chi connectivity index (χ0) is 18.7. The summed E-state index contributed by atoms with van der Waals surface area (Å²) in [4.78, 5) is 12.5. The van der Waals surface area contributed by atoms with Gasteiger partial charge in [0.2, 0.25) is 5.91 Å². The molecule has 8 heteroatoms. The number of nitrogens with one attached hydrogen (secondary N) is 1. The minimum absolute atomic E-state index is 0.118. The highest BCUT2D eigenvalue weighted by atomic mass is 32.2. The quantitative estimate of drug-likeness (QED) is 0.667. The van der Waals surface area contributed by atoms with Gasteiger partial charge in [-0.15, -0.1) is 10.2 Å². The molecule has 0 saturated carbocycles. The van der Waals surface area contributed by atoms with E-state index in [0.717, 1.165) is 11.3 Å². The maximum Gasteiger partial charge on any atom is 0.237 e. The predicted octanol–water partition coefficient (Wildman–Crippen LogP) is 3.51. The fourth-order valence-electron chi connectivity index (χ4n) is 2.43. The van der Waals surface area contributed by atoms with E-state index in [4.69, 9.17) is 9.15 Å². The van der Waals surface area contributed by atoms with Gasteiger partial charge in [0.15, 0.2) is 11.0 Å². The van der Waals surface area contributed by atoms with Crippen LogP contribution in [0.4, 0.5) is 5.69 Å². The molecule has 0 bridgehead atoms. The van der Waals surface area contributed by atoms with Gasteiger partial charge in [0, 0.05) is 18.8 Å². The van der Waals surface area contributed by atoms with Crippen molar-refractivity contribution in [2.45, 2.75) is 24.3 Å². The summed E-state index contributed by atoms with van der Waals surface area (Å²) in [6.45, 7) is 3.71. The van der Waals surface area contributed by atoms with Crippen molar-refractivity contribution in [3.63, 3.8) is 0 Å². The lowest BCUT2D eigenvalue weighted by Crippen LogP contribution is -2.22. The van der Waals surface area contributed by atoms with Crippen molar-refractivity contribution in [1.82, 2.24) is 14.8 Å². The van der Waals surface area contributed by atoms with Gasteiger partial charge in [-0.05, 0) is 32.0 Å². The standard InChI is InChI=1S/C18H20N4O3S/c1-11-15(8-9-25-11)16-20-21-18(22(16)3)26-12(2)17(23)19-13-6-5-7-14(10-13)24-4/h5-10,12H,1-4H3,(H,19,23). The Hall–Kier alpha value is -2.74. The van der Waals surface area contributed by atoms with Crippen LogP contribution < -0.4 is 10.1 Å². The summed E-state index contributed by atoms with van der Waals surface area (Å²) >= 11 is 1.35. The van der Waals surface area contributed by atoms with Crippen molar-refractivity contribution >= 4 is 23.4 Å². The summed E-state index contributed by atoms with van der Waals surface area (Å²) in [5, 5.41) is 11.6. The second-order valence-corrected chi connectivity index (χ2v) is 7.04. The maximum absolute atomic E-state index is 12.5. The smallest absolute Gasteiger partial charge is 0.237 e. The van der Waals surface area contributed by atoms with Crippen molar-refractivity contribution in [1.29, 1.82) is 0 Å². The van der Waals surface area contributed by atoms with E-state index in [1.165, 1.54) is 11.8 Å². The van der Waals surface area contributed by atoms with E-state index in [9.17, 15) is 4.79 Å². The zero-order valence-electron chi connectivity index (χ0n) is 15.0. The normalized spacial score (nSPS) is 12.0. The number of carbonyl (C=O) groups is 1. The number of aryl methyl sites for hydroxylation is 1. The fourth-order valence-corrected chi connectivity index (χ4v) is 3.24. The minimum Gasteiger partial charge on any atom is -0.497 e. The number of nitrogens with zero attached hydrogens (tertiary/aromatic N) is 3. The number of furan rings is 1. The van der Waals surface area contributed by atoms with Crippen molar-refractivity contribution in [2.75, 3.05) is 12.4 Å². The minimum atomic E-state index is -0.345. The molecule has 0 spiro atoms. The lowest BCUT2D eigenvalue weighted by atomic mass is 10.2. The number of ether oxygens (including phenoxy) is 1. The third-order valence-corrected chi connectivity index (χ3v) is 5.06. The highest BCUT2D eigenvalue weighted by molar-refractivity contribution is 8.00. The number of hydrogen-bond acceptors (Lipinski definition) is 6. The van der Waals surface area contributed by atoms with Crippen LogP contribution >= 0.6 is 11.8 Å². The van der Waals surface area contributed by atoms with Crippen LogP contribution in [0.2, 0.25) is 0 Å².